The second kappa shape index (κ2) is 6.03. The zero-order chi connectivity index (χ0) is 12.9. The van der Waals surface area contributed by atoms with E-state index in [-0.39, 0.29) is 11.4 Å². The first-order chi connectivity index (χ1) is 8.00. The van der Waals surface area contributed by atoms with E-state index in [1.54, 1.807) is 24.3 Å². The summed E-state index contributed by atoms with van der Waals surface area (Å²) in [5.41, 5.74) is 6.39. The molecular weight excluding hydrogens is 236 g/mol. The summed E-state index contributed by atoms with van der Waals surface area (Å²) in [4.78, 5) is 11.8. The molecule has 0 saturated heterocycles. The Morgan fingerprint density at radius 3 is 2.29 bits per heavy atom. The van der Waals surface area contributed by atoms with Crippen LogP contribution in [0.1, 0.15) is 37.0 Å². The van der Waals surface area contributed by atoms with E-state index in [1.807, 2.05) is 13.8 Å². The van der Waals surface area contributed by atoms with E-state index < -0.39 is 0 Å². The number of benzene rings is 1. The van der Waals surface area contributed by atoms with Gasteiger partial charge in [-0.3, -0.25) is 4.79 Å². The molecule has 1 aromatic rings. The summed E-state index contributed by atoms with van der Waals surface area (Å²) in [6.07, 6.45) is 1.68. The molecule has 0 saturated carbocycles. The molecule has 1 aromatic carbocycles. The zero-order valence-electron chi connectivity index (χ0n) is 10.3. The lowest BCUT2D eigenvalue weighted by molar-refractivity contribution is 0.0942. The fourth-order valence-corrected chi connectivity index (χ4v) is 1.59. The molecular formula is C13H19ClN2O. The van der Waals surface area contributed by atoms with E-state index in [4.69, 9.17) is 17.3 Å². The Hall–Kier alpha value is -1.06. The molecule has 17 heavy (non-hydrogen) atoms. The Kier molecular flexibility index (Phi) is 4.97. The predicted molar refractivity (Wildman–Crippen MR) is 71.3 cm³/mol. The van der Waals surface area contributed by atoms with E-state index in [9.17, 15) is 4.79 Å². The summed E-state index contributed by atoms with van der Waals surface area (Å²) in [7, 11) is 0. The predicted octanol–water partition coefficient (Wildman–Crippen LogP) is 2.59. The first kappa shape index (κ1) is 14.0. The van der Waals surface area contributed by atoms with E-state index in [0.717, 1.165) is 12.8 Å². The van der Waals surface area contributed by atoms with Crippen LogP contribution in [0.15, 0.2) is 24.3 Å². The zero-order valence-corrected chi connectivity index (χ0v) is 11.1. The Balaban J connectivity index is 2.58. The first-order valence-electron chi connectivity index (χ1n) is 5.83. The standard InChI is InChI=1S/C13H19ClN2O/c1-3-13(15,4-2)9-16-12(17)10-5-7-11(14)8-6-10/h5-8H,3-4,9,15H2,1-2H3,(H,16,17). The molecule has 0 heterocycles. The monoisotopic (exact) mass is 254 g/mol. The van der Waals surface area contributed by atoms with Gasteiger partial charge in [-0.1, -0.05) is 25.4 Å². The number of amides is 1. The van der Waals surface area contributed by atoms with Gasteiger partial charge < -0.3 is 11.1 Å². The van der Waals surface area contributed by atoms with Crippen molar-refractivity contribution in [3.63, 3.8) is 0 Å². The van der Waals surface area contributed by atoms with Gasteiger partial charge in [0.1, 0.15) is 0 Å². The Labute approximate surface area is 107 Å². The van der Waals surface area contributed by atoms with Crippen molar-refractivity contribution in [3.05, 3.63) is 34.9 Å². The van der Waals surface area contributed by atoms with Gasteiger partial charge in [-0.2, -0.15) is 0 Å². The molecule has 0 radical (unpaired) electrons. The van der Waals surface area contributed by atoms with Crippen LogP contribution in [0, 0.1) is 0 Å². The summed E-state index contributed by atoms with van der Waals surface area (Å²) in [6, 6.07) is 6.80. The molecule has 94 valence electrons. The van der Waals surface area contributed by atoms with Gasteiger partial charge in [-0.05, 0) is 37.1 Å². The molecule has 0 aliphatic heterocycles. The molecule has 0 fully saturated rings. The number of hydrogen-bond donors (Lipinski definition) is 2. The van der Waals surface area contributed by atoms with Crippen LogP contribution in [0.2, 0.25) is 5.02 Å². The molecule has 0 bridgehead atoms. The minimum absolute atomic E-state index is 0.113. The van der Waals surface area contributed by atoms with Gasteiger partial charge in [0, 0.05) is 22.7 Å². The highest BCUT2D eigenvalue weighted by atomic mass is 35.5. The van der Waals surface area contributed by atoms with Crippen molar-refractivity contribution in [2.45, 2.75) is 32.2 Å². The lowest BCUT2D eigenvalue weighted by Crippen LogP contribution is -2.49. The summed E-state index contributed by atoms with van der Waals surface area (Å²) in [5.74, 6) is -0.113. The number of nitrogens with one attached hydrogen (secondary N) is 1. The Bertz CT molecular complexity index is 372. The second-order valence-electron chi connectivity index (χ2n) is 4.26. The van der Waals surface area contributed by atoms with Gasteiger partial charge in [0.25, 0.3) is 5.91 Å². The number of nitrogens with two attached hydrogens (primary N) is 1. The van der Waals surface area contributed by atoms with Crippen LogP contribution >= 0.6 is 11.6 Å². The summed E-state index contributed by atoms with van der Waals surface area (Å²) in [5, 5.41) is 3.48. The fourth-order valence-electron chi connectivity index (χ4n) is 1.46. The van der Waals surface area contributed by atoms with E-state index in [0.29, 0.717) is 17.1 Å². The van der Waals surface area contributed by atoms with Gasteiger partial charge in [0.2, 0.25) is 0 Å². The van der Waals surface area contributed by atoms with Crippen molar-refractivity contribution in [1.29, 1.82) is 0 Å². The Morgan fingerprint density at radius 2 is 1.82 bits per heavy atom. The third-order valence-electron chi connectivity index (χ3n) is 3.12. The summed E-state index contributed by atoms with van der Waals surface area (Å²) in [6.45, 7) is 4.54. The van der Waals surface area contributed by atoms with E-state index in [1.165, 1.54) is 0 Å². The van der Waals surface area contributed by atoms with Gasteiger partial charge in [0.15, 0.2) is 0 Å². The fraction of sp³-hybridized carbons (Fsp3) is 0.462. The lowest BCUT2D eigenvalue weighted by Gasteiger charge is -2.26. The third-order valence-corrected chi connectivity index (χ3v) is 3.37. The SMILES string of the molecule is CCC(N)(CC)CNC(=O)c1ccc(Cl)cc1. The molecule has 3 N–H and O–H groups in total. The highest BCUT2D eigenvalue weighted by Crippen LogP contribution is 2.11. The van der Waals surface area contributed by atoms with Gasteiger partial charge in [-0.25, -0.2) is 0 Å². The van der Waals surface area contributed by atoms with Crippen molar-refractivity contribution in [1.82, 2.24) is 5.32 Å². The van der Waals surface area contributed by atoms with Gasteiger partial charge in [0.05, 0.1) is 0 Å². The number of carbonyl (C=O) groups excluding carboxylic acids is 1. The average molecular weight is 255 g/mol. The molecule has 0 aromatic heterocycles. The van der Waals surface area contributed by atoms with Crippen LogP contribution in [0.5, 0.6) is 0 Å². The highest BCUT2D eigenvalue weighted by Gasteiger charge is 2.21. The molecule has 0 unspecified atom stereocenters. The van der Waals surface area contributed by atoms with Crippen LogP contribution in [0.3, 0.4) is 0 Å². The van der Waals surface area contributed by atoms with Crippen LogP contribution < -0.4 is 11.1 Å². The summed E-state index contributed by atoms with van der Waals surface area (Å²) >= 11 is 5.76. The van der Waals surface area contributed by atoms with Crippen LogP contribution in [-0.4, -0.2) is 18.0 Å². The number of carbonyl (C=O) groups is 1. The van der Waals surface area contributed by atoms with Crippen molar-refractivity contribution in [2.24, 2.45) is 5.73 Å². The molecule has 1 rings (SSSR count). The maximum Gasteiger partial charge on any atom is 0.251 e. The smallest absolute Gasteiger partial charge is 0.251 e. The van der Waals surface area contributed by atoms with Crippen molar-refractivity contribution in [2.75, 3.05) is 6.54 Å². The minimum Gasteiger partial charge on any atom is -0.350 e. The number of hydrogen-bond acceptors (Lipinski definition) is 2. The minimum atomic E-state index is -0.317. The molecule has 4 heteroatoms. The number of halogens is 1. The first-order valence-corrected chi connectivity index (χ1v) is 6.21. The topological polar surface area (TPSA) is 55.1 Å². The van der Waals surface area contributed by atoms with Gasteiger partial charge >= 0.3 is 0 Å². The van der Waals surface area contributed by atoms with Crippen molar-refractivity contribution in [3.8, 4) is 0 Å². The van der Waals surface area contributed by atoms with Crippen LogP contribution in [0.4, 0.5) is 0 Å². The molecule has 3 nitrogen and oxygen atoms in total. The maximum atomic E-state index is 11.8. The summed E-state index contributed by atoms with van der Waals surface area (Å²) < 4.78 is 0. The quantitative estimate of drug-likeness (QED) is 0.849. The van der Waals surface area contributed by atoms with Gasteiger partial charge in [-0.15, -0.1) is 0 Å². The molecule has 0 aliphatic rings. The maximum absolute atomic E-state index is 11.8. The lowest BCUT2D eigenvalue weighted by atomic mass is 9.94. The number of rotatable bonds is 5. The van der Waals surface area contributed by atoms with E-state index in [2.05, 4.69) is 5.32 Å². The molecule has 1 amide bonds. The highest BCUT2D eigenvalue weighted by molar-refractivity contribution is 6.30. The normalized spacial score (nSPS) is 11.3. The second-order valence-corrected chi connectivity index (χ2v) is 4.70. The van der Waals surface area contributed by atoms with E-state index >= 15 is 0 Å². The molecule has 0 atom stereocenters. The largest absolute Gasteiger partial charge is 0.350 e. The average Bonchev–Trinajstić information content (AvgIpc) is 2.36. The van der Waals surface area contributed by atoms with Crippen molar-refractivity contribution < 1.29 is 4.79 Å². The van der Waals surface area contributed by atoms with Crippen LogP contribution in [0.25, 0.3) is 0 Å². The molecule has 0 spiro atoms. The Morgan fingerprint density at radius 1 is 1.29 bits per heavy atom. The third kappa shape index (κ3) is 4.02. The molecule has 0 aliphatic carbocycles. The van der Waals surface area contributed by atoms with Crippen molar-refractivity contribution >= 4 is 17.5 Å². The van der Waals surface area contributed by atoms with Crippen LogP contribution in [-0.2, 0) is 0 Å².